The number of carbonyl (C=O) groups is 8. The monoisotopic (exact) mass is 1020 g/mol. The highest BCUT2D eigenvalue weighted by atomic mass is 16.4. The number of aromatic hydroxyl groups is 1. The number of phenolic OH excluding ortho intramolecular Hbond substituents is 1. The average Bonchev–Trinajstić information content (AvgIpc) is 3.29. The van der Waals surface area contributed by atoms with Crippen LogP contribution < -0.4 is 65.9 Å². The van der Waals surface area contributed by atoms with Gasteiger partial charge in [-0.05, 0) is 120 Å². The largest absolute Gasteiger partial charge is 0.508 e. The van der Waals surface area contributed by atoms with Gasteiger partial charge in [0.1, 0.15) is 48.0 Å². The summed E-state index contributed by atoms with van der Waals surface area (Å²) in [5, 5.41) is 48.9. The van der Waals surface area contributed by atoms with E-state index < -0.39 is 108 Å². The Bertz CT molecular complexity index is 1910. The molecule has 0 aliphatic rings. The highest BCUT2D eigenvalue weighted by Crippen LogP contribution is 2.15. The maximum Gasteiger partial charge on any atom is 0.326 e. The summed E-state index contributed by atoms with van der Waals surface area (Å²) in [5.74, 6) is -7.69. The summed E-state index contributed by atoms with van der Waals surface area (Å²) in [7, 11) is 0. The van der Waals surface area contributed by atoms with E-state index in [2.05, 4.69) is 42.2 Å². The predicted molar refractivity (Wildman–Crippen MR) is 272 cm³/mol. The Morgan fingerprint density at radius 2 is 0.972 bits per heavy atom. The van der Waals surface area contributed by atoms with Crippen molar-refractivity contribution in [3.8, 4) is 5.75 Å². The lowest BCUT2D eigenvalue weighted by Crippen LogP contribution is -2.62. The number of rotatable bonds is 35. The van der Waals surface area contributed by atoms with Crippen molar-refractivity contribution < 1.29 is 53.7 Å². The number of hydrogen-bond donors (Lipinski definition) is 15. The molecule has 0 aliphatic heterocycles. The molecule has 0 heterocycles. The topological polar surface area (TPSA) is 424 Å². The van der Waals surface area contributed by atoms with E-state index in [0.29, 0.717) is 44.2 Å². The summed E-state index contributed by atoms with van der Waals surface area (Å²) in [6.45, 7) is 12.7. The second-order valence-electron chi connectivity index (χ2n) is 19.4. The van der Waals surface area contributed by atoms with Crippen LogP contribution in [0.5, 0.6) is 5.75 Å². The Balaban J connectivity index is 3.60. The molecular weight excluding hydrogens is 935 g/mol. The number of guanidine groups is 1. The molecule has 0 aromatic heterocycles. The lowest BCUT2D eigenvalue weighted by molar-refractivity contribution is -0.142. The maximum atomic E-state index is 14.4. The lowest BCUT2D eigenvalue weighted by atomic mass is 9.98. The van der Waals surface area contributed by atoms with Crippen molar-refractivity contribution in [2.24, 2.45) is 51.4 Å². The molecule has 24 nitrogen and oxygen atoms in total. The van der Waals surface area contributed by atoms with Gasteiger partial charge in [0, 0.05) is 13.0 Å². The average molecular weight is 1020 g/mol. The zero-order valence-electron chi connectivity index (χ0n) is 43.1. The van der Waals surface area contributed by atoms with E-state index in [1.165, 1.54) is 31.2 Å². The SMILES string of the molecule is CC(C)C[C@H](NC(=O)[C@@H](N)CC(C)C)C(=O)N[C@H](C(=O)N[C@@H](CCCN=C(N)N)C(=O)N[C@@H](Cc1ccc(O)cc1)C(=O)N[C@H](C(=O)N[C@@H](CCCCN)C(=O)N[C@@H](CCCCN)C(=O)O)[C@@H](C)O)C(C)C. The number of unbranched alkanes of at least 4 members (excludes halogenated alkanes) is 2. The van der Waals surface area contributed by atoms with Crippen LogP contribution in [0, 0.1) is 17.8 Å². The smallest absolute Gasteiger partial charge is 0.326 e. The number of aliphatic imine (C=N–C) groups is 1. The standard InChI is InChI=1S/C48H85N13O11/c1-26(2)23-32(51)40(64)58-36(24-27(3)4)43(67)60-38(28(5)6)45(69)55-34(15-12-22-54-48(52)53)42(66)59-37(25-30-16-18-31(63)19-17-30)44(68)61-39(29(7)62)46(70)56-33(13-8-10-20-49)41(65)57-35(47(71)72)14-9-11-21-50/h16-19,26-29,32-39,62-63H,8-15,20-25,49-51H2,1-7H3,(H,55,69)(H,56,70)(H,57,65)(H,58,64)(H,59,66)(H,60,67)(H,61,68)(H,71,72)(H4,52,53,54)/t29-,32+,33+,34+,35+,36+,37+,38+,39+/m1/s1. The number of nitrogens with one attached hydrogen (secondary N) is 7. The quantitative estimate of drug-likeness (QED) is 0.0202. The van der Waals surface area contributed by atoms with Gasteiger partial charge in [-0.1, -0.05) is 53.7 Å². The zero-order chi connectivity index (χ0) is 54.7. The Morgan fingerprint density at radius 3 is 1.44 bits per heavy atom. The number of phenols is 1. The molecule has 72 heavy (non-hydrogen) atoms. The number of amides is 7. The van der Waals surface area contributed by atoms with Gasteiger partial charge in [-0.3, -0.25) is 38.6 Å². The molecule has 7 amide bonds. The molecule has 0 aliphatic carbocycles. The van der Waals surface area contributed by atoms with Gasteiger partial charge in [-0.15, -0.1) is 0 Å². The summed E-state index contributed by atoms with van der Waals surface area (Å²) < 4.78 is 0. The summed E-state index contributed by atoms with van der Waals surface area (Å²) in [6.07, 6.45) is 0.707. The van der Waals surface area contributed by atoms with Crippen LogP contribution >= 0.6 is 0 Å². The molecular formula is C48H85N13O11. The highest BCUT2D eigenvalue weighted by molar-refractivity contribution is 5.98. The summed E-state index contributed by atoms with van der Waals surface area (Å²) in [5.41, 5.74) is 28.8. The van der Waals surface area contributed by atoms with Gasteiger partial charge in [-0.2, -0.15) is 0 Å². The molecule has 0 radical (unpaired) electrons. The Hall–Kier alpha value is -6.11. The number of aliphatic hydroxyl groups excluding tert-OH is 1. The molecule has 1 aromatic carbocycles. The van der Waals surface area contributed by atoms with Gasteiger partial charge in [0.25, 0.3) is 0 Å². The maximum absolute atomic E-state index is 14.4. The molecule has 0 saturated heterocycles. The molecule has 1 aromatic rings. The van der Waals surface area contributed by atoms with Gasteiger partial charge in [-0.25, -0.2) is 4.79 Å². The fourth-order valence-corrected chi connectivity index (χ4v) is 7.47. The van der Waals surface area contributed by atoms with Crippen LogP contribution in [0.25, 0.3) is 0 Å². The van der Waals surface area contributed by atoms with Crippen LogP contribution in [-0.4, -0.2) is 143 Å². The van der Waals surface area contributed by atoms with Crippen LogP contribution in [0.4, 0.5) is 0 Å². The van der Waals surface area contributed by atoms with Crippen LogP contribution in [0.1, 0.15) is 118 Å². The number of carboxylic acids is 1. The van der Waals surface area contributed by atoms with E-state index in [1.807, 2.05) is 27.7 Å². The molecule has 20 N–H and O–H groups in total. The minimum absolute atomic E-state index is 0.0315. The minimum Gasteiger partial charge on any atom is -0.508 e. The van der Waals surface area contributed by atoms with Gasteiger partial charge in [0.15, 0.2) is 5.96 Å². The van der Waals surface area contributed by atoms with Crippen molar-refractivity contribution in [3.63, 3.8) is 0 Å². The van der Waals surface area contributed by atoms with E-state index >= 15 is 0 Å². The lowest BCUT2D eigenvalue weighted by Gasteiger charge is -2.29. The Morgan fingerprint density at radius 1 is 0.542 bits per heavy atom. The molecule has 0 saturated carbocycles. The number of aliphatic carboxylic acids is 1. The van der Waals surface area contributed by atoms with Crippen molar-refractivity contribution in [2.45, 2.75) is 174 Å². The third-order valence-corrected chi connectivity index (χ3v) is 11.4. The van der Waals surface area contributed by atoms with E-state index in [1.54, 1.807) is 13.8 Å². The number of nitrogens with two attached hydrogens (primary N) is 5. The first-order valence-corrected chi connectivity index (χ1v) is 24.8. The van der Waals surface area contributed by atoms with Crippen LogP contribution in [-0.2, 0) is 44.8 Å². The Labute approximate surface area is 423 Å². The van der Waals surface area contributed by atoms with E-state index in [0.717, 1.165) is 0 Å². The highest BCUT2D eigenvalue weighted by Gasteiger charge is 2.36. The molecule has 0 fully saturated rings. The molecule has 0 bridgehead atoms. The first-order valence-electron chi connectivity index (χ1n) is 24.8. The Kier molecular flexibility index (Phi) is 29.8. The second-order valence-corrected chi connectivity index (χ2v) is 19.4. The van der Waals surface area contributed by atoms with Gasteiger partial charge >= 0.3 is 5.97 Å². The van der Waals surface area contributed by atoms with Gasteiger partial charge in [0.2, 0.25) is 41.4 Å². The molecule has 1 rings (SSSR count). The first kappa shape index (κ1) is 63.9. The van der Waals surface area contributed by atoms with E-state index in [-0.39, 0.29) is 75.2 Å². The number of hydrogen-bond acceptors (Lipinski definition) is 14. The minimum atomic E-state index is -1.72. The van der Waals surface area contributed by atoms with E-state index in [9.17, 15) is 53.7 Å². The van der Waals surface area contributed by atoms with Crippen molar-refractivity contribution in [3.05, 3.63) is 29.8 Å². The fourth-order valence-electron chi connectivity index (χ4n) is 7.47. The summed E-state index contributed by atoms with van der Waals surface area (Å²) in [6, 6.07) is -4.66. The summed E-state index contributed by atoms with van der Waals surface area (Å²) in [4.78, 5) is 113. The third-order valence-electron chi connectivity index (χ3n) is 11.4. The van der Waals surface area contributed by atoms with Crippen LogP contribution in [0.3, 0.4) is 0 Å². The molecule has 9 atom stereocenters. The van der Waals surface area contributed by atoms with Crippen molar-refractivity contribution in [1.29, 1.82) is 0 Å². The number of benzene rings is 1. The number of carbonyl (C=O) groups excluding carboxylic acids is 7. The first-order chi connectivity index (χ1) is 33.8. The molecule has 0 unspecified atom stereocenters. The molecule has 0 spiro atoms. The van der Waals surface area contributed by atoms with Crippen LogP contribution in [0.15, 0.2) is 29.3 Å². The van der Waals surface area contributed by atoms with Crippen molar-refractivity contribution >= 4 is 53.3 Å². The fraction of sp³-hybridized carbons (Fsp3) is 0.688. The number of carboxylic acid groups (broad SMARTS) is 1. The van der Waals surface area contributed by atoms with Crippen molar-refractivity contribution in [1.82, 2.24) is 37.2 Å². The van der Waals surface area contributed by atoms with Crippen LogP contribution in [0.2, 0.25) is 0 Å². The van der Waals surface area contributed by atoms with Gasteiger partial charge < -0.3 is 81.2 Å². The zero-order valence-corrected chi connectivity index (χ0v) is 43.1. The molecule has 408 valence electrons. The third kappa shape index (κ3) is 24.8. The predicted octanol–water partition coefficient (Wildman–Crippen LogP) is -1.82. The normalized spacial score (nSPS) is 15.1. The second kappa shape index (κ2) is 33.5. The van der Waals surface area contributed by atoms with E-state index in [4.69, 9.17) is 28.7 Å². The number of nitrogens with zero attached hydrogens (tertiary/aromatic N) is 1. The molecule has 24 heteroatoms. The van der Waals surface area contributed by atoms with Gasteiger partial charge in [0.05, 0.1) is 12.1 Å². The summed E-state index contributed by atoms with van der Waals surface area (Å²) >= 11 is 0. The number of aliphatic hydroxyl groups is 1. The van der Waals surface area contributed by atoms with Crippen molar-refractivity contribution in [2.75, 3.05) is 19.6 Å².